The molecule has 3 rings (SSSR count). The molecular formula is C22H25ClN2O3. The van der Waals surface area contributed by atoms with Crippen LogP contribution in [-0.2, 0) is 11.2 Å². The Morgan fingerprint density at radius 1 is 1.11 bits per heavy atom. The van der Waals surface area contributed by atoms with E-state index in [0.29, 0.717) is 42.3 Å². The molecule has 5 nitrogen and oxygen atoms in total. The quantitative estimate of drug-likeness (QED) is 0.804. The third-order valence-corrected chi connectivity index (χ3v) is 5.29. The van der Waals surface area contributed by atoms with Gasteiger partial charge in [0.25, 0.3) is 5.91 Å². The van der Waals surface area contributed by atoms with Crippen LogP contribution in [0.3, 0.4) is 0 Å². The van der Waals surface area contributed by atoms with Gasteiger partial charge in [0.1, 0.15) is 5.75 Å². The number of benzene rings is 2. The Labute approximate surface area is 170 Å². The summed E-state index contributed by atoms with van der Waals surface area (Å²) >= 11 is 5.88. The monoisotopic (exact) mass is 400 g/mol. The highest BCUT2D eigenvalue weighted by Gasteiger charge is 2.26. The van der Waals surface area contributed by atoms with Gasteiger partial charge in [-0.3, -0.25) is 9.59 Å². The minimum Gasteiger partial charge on any atom is -0.496 e. The van der Waals surface area contributed by atoms with Crippen molar-refractivity contribution in [3.05, 3.63) is 64.7 Å². The third kappa shape index (κ3) is 5.26. The number of para-hydroxylation sites is 1. The topological polar surface area (TPSA) is 58.6 Å². The minimum absolute atomic E-state index is 0.0232. The summed E-state index contributed by atoms with van der Waals surface area (Å²) in [6.45, 7) is 1.25. The van der Waals surface area contributed by atoms with Crippen LogP contribution in [0.5, 0.6) is 5.75 Å². The van der Waals surface area contributed by atoms with Crippen molar-refractivity contribution in [2.75, 3.05) is 20.2 Å². The molecule has 148 valence electrons. The van der Waals surface area contributed by atoms with Gasteiger partial charge in [-0.15, -0.1) is 0 Å². The molecule has 1 fully saturated rings. The van der Waals surface area contributed by atoms with E-state index >= 15 is 0 Å². The van der Waals surface area contributed by atoms with E-state index in [2.05, 4.69) is 5.32 Å². The van der Waals surface area contributed by atoms with Crippen LogP contribution in [0.25, 0.3) is 0 Å². The predicted octanol–water partition coefficient (Wildman–Crippen LogP) is 3.70. The second-order valence-corrected chi connectivity index (χ2v) is 7.40. The zero-order valence-corrected chi connectivity index (χ0v) is 16.7. The molecule has 0 bridgehead atoms. The fourth-order valence-electron chi connectivity index (χ4n) is 3.43. The van der Waals surface area contributed by atoms with Crippen molar-refractivity contribution < 1.29 is 14.3 Å². The molecular weight excluding hydrogens is 376 g/mol. The molecule has 1 heterocycles. The molecule has 28 heavy (non-hydrogen) atoms. The van der Waals surface area contributed by atoms with Crippen molar-refractivity contribution in [3.63, 3.8) is 0 Å². The number of hydrogen-bond donors (Lipinski definition) is 1. The fourth-order valence-corrected chi connectivity index (χ4v) is 3.55. The van der Waals surface area contributed by atoms with Crippen LogP contribution in [0.4, 0.5) is 0 Å². The Hall–Kier alpha value is -2.53. The van der Waals surface area contributed by atoms with Gasteiger partial charge in [0.05, 0.1) is 12.7 Å². The van der Waals surface area contributed by atoms with Crippen molar-refractivity contribution in [1.29, 1.82) is 0 Å². The summed E-state index contributed by atoms with van der Waals surface area (Å²) in [5, 5.41) is 3.79. The lowest BCUT2D eigenvalue weighted by atomic mass is 10.0. The first-order chi connectivity index (χ1) is 13.6. The Kier molecular flexibility index (Phi) is 6.93. The average Bonchev–Trinajstić information content (AvgIpc) is 2.73. The molecule has 0 aromatic heterocycles. The van der Waals surface area contributed by atoms with Crippen LogP contribution in [0.15, 0.2) is 48.5 Å². The molecule has 1 N–H and O–H groups in total. The van der Waals surface area contributed by atoms with Crippen LogP contribution in [0.2, 0.25) is 5.02 Å². The van der Waals surface area contributed by atoms with E-state index in [-0.39, 0.29) is 17.9 Å². The zero-order valence-electron chi connectivity index (χ0n) is 16.0. The van der Waals surface area contributed by atoms with E-state index in [9.17, 15) is 9.59 Å². The van der Waals surface area contributed by atoms with Crippen molar-refractivity contribution in [3.8, 4) is 5.75 Å². The number of amides is 2. The number of ether oxygens (including phenoxy) is 1. The predicted molar refractivity (Wildman–Crippen MR) is 110 cm³/mol. The molecule has 0 aliphatic carbocycles. The molecule has 1 saturated heterocycles. The maximum atomic E-state index is 12.7. The van der Waals surface area contributed by atoms with Gasteiger partial charge in [-0.1, -0.05) is 35.9 Å². The SMILES string of the molecule is COc1ccccc1C(=O)N1CCC(NC(=O)CCc2ccc(Cl)cc2)CC1. The molecule has 2 aromatic rings. The number of carbonyl (C=O) groups excluding carboxylic acids is 2. The van der Waals surface area contributed by atoms with Gasteiger partial charge in [0.2, 0.25) is 5.91 Å². The summed E-state index contributed by atoms with van der Waals surface area (Å²) in [7, 11) is 1.57. The summed E-state index contributed by atoms with van der Waals surface area (Å²) < 4.78 is 5.29. The molecule has 6 heteroatoms. The van der Waals surface area contributed by atoms with Crippen LogP contribution in [-0.4, -0.2) is 43.0 Å². The van der Waals surface area contributed by atoms with Crippen LogP contribution in [0.1, 0.15) is 35.2 Å². The molecule has 1 aliphatic heterocycles. The van der Waals surface area contributed by atoms with Gasteiger partial charge in [-0.25, -0.2) is 0 Å². The van der Waals surface area contributed by atoms with E-state index in [1.165, 1.54) is 0 Å². The Balaban J connectivity index is 1.45. The summed E-state index contributed by atoms with van der Waals surface area (Å²) in [4.78, 5) is 26.8. The molecule has 0 atom stereocenters. The lowest BCUT2D eigenvalue weighted by Crippen LogP contribution is -2.46. The number of hydrogen-bond acceptors (Lipinski definition) is 3. The molecule has 0 spiro atoms. The van der Waals surface area contributed by atoms with Crippen LogP contribution >= 0.6 is 11.6 Å². The third-order valence-electron chi connectivity index (χ3n) is 5.04. The first-order valence-electron chi connectivity index (χ1n) is 9.53. The van der Waals surface area contributed by atoms with E-state index in [0.717, 1.165) is 18.4 Å². The number of nitrogens with one attached hydrogen (secondary N) is 1. The van der Waals surface area contributed by atoms with E-state index in [1.54, 1.807) is 19.2 Å². The fraction of sp³-hybridized carbons (Fsp3) is 0.364. The van der Waals surface area contributed by atoms with Crippen molar-refractivity contribution in [1.82, 2.24) is 10.2 Å². The largest absolute Gasteiger partial charge is 0.496 e. The maximum absolute atomic E-state index is 12.7. The van der Waals surface area contributed by atoms with Crippen molar-refractivity contribution >= 4 is 23.4 Å². The number of methoxy groups -OCH3 is 1. The summed E-state index contributed by atoms with van der Waals surface area (Å²) in [6.07, 6.45) is 2.65. The summed E-state index contributed by atoms with van der Waals surface area (Å²) in [6, 6.07) is 14.9. The highest BCUT2D eigenvalue weighted by molar-refractivity contribution is 6.30. The van der Waals surface area contributed by atoms with Crippen molar-refractivity contribution in [2.45, 2.75) is 31.7 Å². The minimum atomic E-state index is -0.0232. The van der Waals surface area contributed by atoms with Gasteiger partial charge in [0, 0.05) is 30.6 Å². The summed E-state index contributed by atoms with van der Waals surface area (Å²) in [5.74, 6) is 0.611. The number of rotatable bonds is 6. The van der Waals surface area contributed by atoms with Gasteiger partial charge >= 0.3 is 0 Å². The Morgan fingerprint density at radius 2 is 1.79 bits per heavy atom. The lowest BCUT2D eigenvalue weighted by Gasteiger charge is -2.32. The normalized spacial score (nSPS) is 14.6. The van der Waals surface area contributed by atoms with Gasteiger partial charge in [-0.2, -0.15) is 0 Å². The van der Waals surface area contributed by atoms with E-state index in [1.807, 2.05) is 41.3 Å². The van der Waals surface area contributed by atoms with E-state index in [4.69, 9.17) is 16.3 Å². The Bertz CT molecular complexity index is 815. The average molecular weight is 401 g/mol. The number of nitrogens with zero attached hydrogens (tertiary/aromatic N) is 1. The summed E-state index contributed by atoms with van der Waals surface area (Å²) in [5.41, 5.74) is 1.67. The highest BCUT2D eigenvalue weighted by Crippen LogP contribution is 2.21. The van der Waals surface area contributed by atoms with Gasteiger partial charge in [0.15, 0.2) is 0 Å². The lowest BCUT2D eigenvalue weighted by molar-refractivity contribution is -0.122. The standard InChI is InChI=1S/C22H25ClN2O3/c1-28-20-5-3-2-4-19(20)22(27)25-14-12-18(13-15-25)24-21(26)11-8-16-6-9-17(23)10-7-16/h2-7,9-10,18H,8,11-15H2,1H3,(H,24,26). The number of piperidine rings is 1. The second-order valence-electron chi connectivity index (χ2n) is 6.96. The van der Waals surface area contributed by atoms with Crippen LogP contribution < -0.4 is 10.1 Å². The smallest absolute Gasteiger partial charge is 0.257 e. The maximum Gasteiger partial charge on any atom is 0.257 e. The van der Waals surface area contributed by atoms with Gasteiger partial charge < -0.3 is 15.0 Å². The molecule has 0 radical (unpaired) electrons. The molecule has 0 saturated carbocycles. The highest BCUT2D eigenvalue weighted by atomic mass is 35.5. The zero-order chi connectivity index (χ0) is 19.9. The molecule has 2 aromatic carbocycles. The Morgan fingerprint density at radius 3 is 2.46 bits per heavy atom. The molecule has 2 amide bonds. The van der Waals surface area contributed by atoms with Crippen molar-refractivity contribution in [2.24, 2.45) is 0 Å². The molecule has 1 aliphatic rings. The number of carbonyl (C=O) groups is 2. The van der Waals surface area contributed by atoms with Crippen LogP contribution in [0, 0.1) is 0 Å². The number of likely N-dealkylation sites (tertiary alicyclic amines) is 1. The number of halogens is 1. The van der Waals surface area contributed by atoms with Gasteiger partial charge in [-0.05, 0) is 49.1 Å². The molecule has 0 unspecified atom stereocenters. The first kappa shape index (κ1) is 20.2. The number of aryl methyl sites for hydroxylation is 1. The first-order valence-corrected chi connectivity index (χ1v) is 9.90. The van der Waals surface area contributed by atoms with E-state index < -0.39 is 0 Å². The second kappa shape index (κ2) is 9.60.